The fourth-order valence-corrected chi connectivity index (χ4v) is 3.83. The SMILES string of the molecule is O=C(O)c1ccc(I)c2c(S)csc12. The minimum absolute atomic E-state index is 0.353. The summed E-state index contributed by atoms with van der Waals surface area (Å²) >= 11 is 7.91. The van der Waals surface area contributed by atoms with Crippen LogP contribution in [0.4, 0.5) is 0 Å². The van der Waals surface area contributed by atoms with E-state index >= 15 is 0 Å². The van der Waals surface area contributed by atoms with E-state index in [0.29, 0.717) is 5.56 Å². The predicted octanol–water partition coefficient (Wildman–Crippen LogP) is 3.49. The van der Waals surface area contributed by atoms with Gasteiger partial charge in [-0.25, -0.2) is 4.79 Å². The Hall–Kier alpha value is -0.270. The van der Waals surface area contributed by atoms with Crippen molar-refractivity contribution in [1.82, 2.24) is 0 Å². The summed E-state index contributed by atoms with van der Waals surface area (Å²) in [6.07, 6.45) is 0. The number of fused-ring (bicyclic) bond motifs is 1. The number of aromatic carboxylic acids is 1. The van der Waals surface area contributed by atoms with Crippen LogP contribution in [0, 0.1) is 3.57 Å². The van der Waals surface area contributed by atoms with Crippen LogP contribution in [-0.2, 0) is 0 Å². The molecule has 0 spiro atoms. The van der Waals surface area contributed by atoms with Crippen LogP contribution in [0.2, 0.25) is 0 Å². The highest BCUT2D eigenvalue weighted by molar-refractivity contribution is 14.1. The van der Waals surface area contributed by atoms with Crippen molar-refractivity contribution < 1.29 is 9.90 Å². The molecule has 0 fully saturated rings. The molecule has 0 aliphatic carbocycles. The van der Waals surface area contributed by atoms with Gasteiger partial charge in [0, 0.05) is 19.2 Å². The third-order valence-electron chi connectivity index (χ3n) is 1.88. The summed E-state index contributed by atoms with van der Waals surface area (Å²) in [6, 6.07) is 3.44. The van der Waals surface area contributed by atoms with Gasteiger partial charge in [-0.2, -0.15) is 0 Å². The summed E-state index contributed by atoms with van der Waals surface area (Å²) in [5.41, 5.74) is 0.353. The van der Waals surface area contributed by atoms with Crippen LogP contribution in [-0.4, -0.2) is 11.1 Å². The number of carboxylic acids is 1. The van der Waals surface area contributed by atoms with Crippen LogP contribution in [0.5, 0.6) is 0 Å². The van der Waals surface area contributed by atoms with Crippen LogP contribution < -0.4 is 0 Å². The average molecular weight is 336 g/mol. The van der Waals surface area contributed by atoms with Gasteiger partial charge in [-0.05, 0) is 34.7 Å². The van der Waals surface area contributed by atoms with E-state index in [-0.39, 0.29) is 0 Å². The van der Waals surface area contributed by atoms with Crippen LogP contribution in [0.3, 0.4) is 0 Å². The molecule has 14 heavy (non-hydrogen) atoms. The summed E-state index contributed by atoms with van der Waals surface area (Å²) < 4.78 is 1.84. The highest BCUT2D eigenvalue weighted by Crippen LogP contribution is 2.34. The zero-order valence-corrected chi connectivity index (χ0v) is 10.7. The Morgan fingerprint density at radius 3 is 2.86 bits per heavy atom. The fourth-order valence-electron chi connectivity index (χ4n) is 1.26. The number of rotatable bonds is 1. The number of carbonyl (C=O) groups is 1. The lowest BCUT2D eigenvalue weighted by Gasteiger charge is -1.99. The lowest BCUT2D eigenvalue weighted by molar-refractivity contribution is 0.0699. The van der Waals surface area contributed by atoms with Crippen molar-refractivity contribution in [2.75, 3.05) is 0 Å². The van der Waals surface area contributed by atoms with Gasteiger partial charge in [-0.3, -0.25) is 0 Å². The molecule has 2 rings (SSSR count). The number of carboxylic acid groups (broad SMARTS) is 1. The fraction of sp³-hybridized carbons (Fsp3) is 0. The van der Waals surface area contributed by atoms with Crippen molar-refractivity contribution in [3.63, 3.8) is 0 Å². The highest BCUT2D eigenvalue weighted by Gasteiger charge is 2.13. The van der Waals surface area contributed by atoms with Crippen molar-refractivity contribution in [3.05, 3.63) is 26.6 Å². The van der Waals surface area contributed by atoms with E-state index in [9.17, 15) is 4.79 Å². The molecule has 72 valence electrons. The molecular weight excluding hydrogens is 331 g/mol. The Kier molecular flexibility index (Phi) is 2.72. The maximum Gasteiger partial charge on any atom is 0.337 e. The van der Waals surface area contributed by atoms with E-state index in [1.807, 2.05) is 5.38 Å². The summed E-state index contributed by atoms with van der Waals surface area (Å²) in [5, 5.41) is 11.8. The van der Waals surface area contributed by atoms with Gasteiger partial charge in [0.05, 0.1) is 10.3 Å². The van der Waals surface area contributed by atoms with Crippen molar-refractivity contribution in [1.29, 1.82) is 0 Å². The molecule has 2 aromatic rings. The second-order valence-corrected chi connectivity index (χ2v) is 5.25. The first-order valence-electron chi connectivity index (χ1n) is 3.73. The Morgan fingerprint density at radius 1 is 1.50 bits per heavy atom. The molecule has 1 aromatic heterocycles. The Morgan fingerprint density at radius 2 is 2.21 bits per heavy atom. The first kappa shape index (κ1) is 10.3. The van der Waals surface area contributed by atoms with E-state index in [0.717, 1.165) is 18.6 Å². The zero-order chi connectivity index (χ0) is 10.3. The molecule has 0 saturated heterocycles. The first-order valence-corrected chi connectivity index (χ1v) is 6.14. The van der Waals surface area contributed by atoms with E-state index in [1.54, 1.807) is 12.1 Å². The lowest BCUT2D eigenvalue weighted by Crippen LogP contribution is -1.96. The molecule has 0 radical (unpaired) electrons. The number of benzene rings is 1. The van der Waals surface area contributed by atoms with Gasteiger partial charge in [0.1, 0.15) is 0 Å². The average Bonchev–Trinajstić information content (AvgIpc) is 2.49. The summed E-state index contributed by atoms with van der Waals surface area (Å²) in [5.74, 6) is -0.887. The summed E-state index contributed by atoms with van der Waals surface area (Å²) in [6.45, 7) is 0. The lowest BCUT2D eigenvalue weighted by atomic mass is 10.2. The Labute approximate surface area is 103 Å². The molecule has 1 aromatic carbocycles. The second-order valence-electron chi connectivity index (χ2n) is 2.73. The van der Waals surface area contributed by atoms with E-state index in [4.69, 9.17) is 5.11 Å². The van der Waals surface area contributed by atoms with Gasteiger partial charge < -0.3 is 5.11 Å². The van der Waals surface area contributed by atoms with Crippen LogP contribution in [0.15, 0.2) is 22.4 Å². The minimum Gasteiger partial charge on any atom is -0.478 e. The molecule has 0 amide bonds. The van der Waals surface area contributed by atoms with Crippen molar-refractivity contribution >= 4 is 62.6 Å². The molecule has 0 bridgehead atoms. The number of thiophene rings is 1. The normalized spacial score (nSPS) is 10.7. The topological polar surface area (TPSA) is 37.3 Å². The number of hydrogen-bond acceptors (Lipinski definition) is 3. The smallest absolute Gasteiger partial charge is 0.337 e. The highest BCUT2D eigenvalue weighted by atomic mass is 127. The quantitative estimate of drug-likeness (QED) is 0.618. The molecule has 2 nitrogen and oxygen atoms in total. The van der Waals surface area contributed by atoms with Crippen molar-refractivity contribution in [2.24, 2.45) is 0 Å². The molecule has 0 aliphatic heterocycles. The zero-order valence-electron chi connectivity index (χ0n) is 6.82. The maximum atomic E-state index is 10.9. The largest absolute Gasteiger partial charge is 0.478 e. The molecule has 1 heterocycles. The summed E-state index contributed by atoms with van der Waals surface area (Å²) in [4.78, 5) is 11.8. The van der Waals surface area contributed by atoms with Crippen LogP contribution in [0.25, 0.3) is 10.1 Å². The number of hydrogen-bond donors (Lipinski definition) is 2. The van der Waals surface area contributed by atoms with E-state index < -0.39 is 5.97 Å². The van der Waals surface area contributed by atoms with Gasteiger partial charge in [0.2, 0.25) is 0 Å². The maximum absolute atomic E-state index is 10.9. The molecule has 0 aliphatic rings. The van der Waals surface area contributed by atoms with Crippen LogP contribution >= 0.6 is 46.6 Å². The van der Waals surface area contributed by atoms with E-state index in [2.05, 4.69) is 35.2 Å². The van der Waals surface area contributed by atoms with Crippen molar-refractivity contribution in [3.8, 4) is 0 Å². The summed E-state index contributed by atoms with van der Waals surface area (Å²) in [7, 11) is 0. The molecule has 0 unspecified atom stereocenters. The number of halogens is 1. The monoisotopic (exact) mass is 336 g/mol. The van der Waals surface area contributed by atoms with Crippen LogP contribution in [0.1, 0.15) is 10.4 Å². The van der Waals surface area contributed by atoms with E-state index in [1.165, 1.54) is 11.3 Å². The van der Waals surface area contributed by atoms with Gasteiger partial charge in [0.25, 0.3) is 0 Å². The van der Waals surface area contributed by atoms with Gasteiger partial charge in [-0.1, -0.05) is 0 Å². The van der Waals surface area contributed by atoms with Gasteiger partial charge in [0.15, 0.2) is 0 Å². The predicted molar refractivity (Wildman–Crippen MR) is 68.8 cm³/mol. The Bertz CT molecular complexity index is 519. The number of thiol groups is 1. The molecule has 0 saturated carbocycles. The third kappa shape index (κ3) is 1.53. The molecule has 0 atom stereocenters. The standard InChI is InChI=1S/C9H5IO2S2/c10-5-2-1-4(9(11)12)8-7(5)6(13)3-14-8/h1-3,13H,(H,11,12). The molecule has 5 heteroatoms. The molecular formula is C9H5IO2S2. The van der Waals surface area contributed by atoms with Gasteiger partial charge in [-0.15, -0.1) is 24.0 Å². The minimum atomic E-state index is -0.887. The Balaban J connectivity index is 2.90. The van der Waals surface area contributed by atoms with Gasteiger partial charge >= 0.3 is 5.97 Å². The molecule has 1 N–H and O–H groups in total. The first-order chi connectivity index (χ1) is 6.61. The second kappa shape index (κ2) is 3.71. The van der Waals surface area contributed by atoms with Crippen molar-refractivity contribution in [2.45, 2.75) is 4.90 Å². The third-order valence-corrected chi connectivity index (χ3v) is 4.32.